The lowest BCUT2D eigenvalue weighted by atomic mass is 10.2. The van der Waals surface area contributed by atoms with Crippen molar-refractivity contribution in [3.8, 4) is 0 Å². The van der Waals surface area contributed by atoms with Crippen LogP contribution in [0.4, 0.5) is 5.69 Å². The van der Waals surface area contributed by atoms with Gasteiger partial charge >= 0.3 is 0 Å². The van der Waals surface area contributed by atoms with Crippen LogP contribution in [-0.4, -0.2) is 25.9 Å². The summed E-state index contributed by atoms with van der Waals surface area (Å²) in [5.41, 5.74) is 6.20. The van der Waals surface area contributed by atoms with Gasteiger partial charge in [0.2, 0.25) is 5.91 Å². The number of carbonyl (C=O) groups is 2. The highest BCUT2D eigenvalue weighted by molar-refractivity contribution is 5.96. The lowest BCUT2D eigenvalue weighted by Crippen LogP contribution is -2.43. The Balaban J connectivity index is 2.67. The van der Waals surface area contributed by atoms with Crippen LogP contribution in [0.3, 0.4) is 0 Å². The normalized spacial score (nSPS) is 10.1. The molecule has 0 fully saturated rings. The van der Waals surface area contributed by atoms with E-state index in [2.05, 4.69) is 10.9 Å². The summed E-state index contributed by atoms with van der Waals surface area (Å²) >= 11 is 0. The predicted molar refractivity (Wildman–Crippen MR) is 71.2 cm³/mol. The molecule has 2 amide bonds. The van der Waals surface area contributed by atoms with Gasteiger partial charge in [-0.1, -0.05) is 19.9 Å². The number of carbonyl (C=O) groups excluding carboxylic acids is 2. The van der Waals surface area contributed by atoms with Crippen LogP contribution in [0.1, 0.15) is 24.2 Å². The summed E-state index contributed by atoms with van der Waals surface area (Å²) in [6.45, 7) is 3.52. The molecule has 1 aromatic carbocycles. The van der Waals surface area contributed by atoms with Gasteiger partial charge in [-0.15, -0.1) is 0 Å². The first-order valence-corrected chi connectivity index (χ1v) is 5.79. The van der Waals surface area contributed by atoms with E-state index in [0.29, 0.717) is 5.56 Å². The van der Waals surface area contributed by atoms with Crippen molar-refractivity contribution < 1.29 is 9.59 Å². The number of benzene rings is 1. The van der Waals surface area contributed by atoms with E-state index in [0.717, 1.165) is 5.69 Å². The molecule has 0 saturated heterocycles. The van der Waals surface area contributed by atoms with Gasteiger partial charge in [-0.25, -0.2) is 0 Å². The molecule has 18 heavy (non-hydrogen) atoms. The maximum Gasteiger partial charge on any atom is 0.269 e. The van der Waals surface area contributed by atoms with Gasteiger partial charge in [0, 0.05) is 31.3 Å². The molecular formula is C13H19N3O2. The van der Waals surface area contributed by atoms with Gasteiger partial charge in [-0.3, -0.25) is 20.4 Å². The van der Waals surface area contributed by atoms with E-state index in [1.807, 2.05) is 25.1 Å². The van der Waals surface area contributed by atoms with Crippen LogP contribution >= 0.6 is 0 Å². The Labute approximate surface area is 107 Å². The molecule has 0 radical (unpaired) electrons. The monoisotopic (exact) mass is 249 g/mol. The fourth-order valence-electron chi connectivity index (χ4n) is 1.26. The van der Waals surface area contributed by atoms with Crippen LogP contribution in [0.25, 0.3) is 0 Å². The lowest BCUT2D eigenvalue weighted by molar-refractivity contribution is -0.124. The fourth-order valence-corrected chi connectivity index (χ4v) is 1.26. The molecule has 1 aromatic rings. The van der Waals surface area contributed by atoms with E-state index < -0.39 is 0 Å². The van der Waals surface area contributed by atoms with E-state index in [-0.39, 0.29) is 17.7 Å². The Kier molecular flexibility index (Phi) is 4.71. The minimum Gasteiger partial charge on any atom is -0.378 e. The predicted octanol–water partition coefficient (Wildman–Crippen LogP) is 1.17. The first kappa shape index (κ1) is 14.0. The average Bonchev–Trinajstić information content (AvgIpc) is 2.35. The van der Waals surface area contributed by atoms with Gasteiger partial charge in [0.15, 0.2) is 0 Å². The van der Waals surface area contributed by atoms with Crippen LogP contribution in [-0.2, 0) is 4.79 Å². The molecule has 0 aromatic heterocycles. The fraction of sp³-hybridized carbons (Fsp3) is 0.385. The molecular weight excluding hydrogens is 230 g/mol. The summed E-state index contributed by atoms with van der Waals surface area (Å²) < 4.78 is 0. The van der Waals surface area contributed by atoms with Crippen molar-refractivity contribution in [2.75, 3.05) is 19.0 Å². The molecule has 5 heteroatoms. The zero-order valence-corrected chi connectivity index (χ0v) is 11.2. The molecule has 0 unspecified atom stereocenters. The number of nitrogens with zero attached hydrogens (tertiary/aromatic N) is 1. The molecule has 0 bridgehead atoms. The largest absolute Gasteiger partial charge is 0.378 e. The highest BCUT2D eigenvalue weighted by Gasteiger charge is 2.10. The lowest BCUT2D eigenvalue weighted by Gasteiger charge is -2.14. The van der Waals surface area contributed by atoms with Gasteiger partial charge in [0.1, 0.15) is 0 Å². The summed E-state index contributed by atoms with van der Waals surface area (Å²) in [7, 11) is 3.80. The second-order valence-electron chi connectivity index (χ2n) is 4.54. The maximum atomic E-state index is 11.8. The number of amides is 2. The Hall–Kier alpha value is -2.04. The van der Waals surface area contributed by atoms with E-state index in [4.69, 9.17) is 0 Å². The van der Waals surface area contributed by atoms with Crippen LogP contribution in [0.15, 0.2) is 24.3 Å². The highest BCUT2D eigenvalue weighted by Crippen LogP contribution is 2.12. The first-order valence-electron chi connectivity index (χ1n) is 5.79. The van der Waals surface area contributed by atoms with Crippen LogP contribution < -0.4 is 15.8 Å². The number of rotatable bonds is 3. The Morgan fingerprint density at radius 1 is 1.17 bits per heavy atom. The van der Waals surface area contributed by atoms with Crippen LogP contribution in [0.2, 0.25) is 0 Å². The minimum absolute atomic E-state index is 0.168. The third-order valence-electron chi connectivity index (χ3n) is 2.45. The summed E-state index contributed by atoms with van der Waals surface area (Å²) in [5, 5.41) is 0. The van der Waals surface area contributed by atoms with Crippen molar-refractivity contribution in [1.82, 2.24) is 10.9 Å². The summed E-state index contributed by atoms with van der Waals surface area (Å²) in [4.78, 5) is 25.0. The smallest absolute Gasteiger partial charge is 0.269 e. The minimum atomic E-state index is -0.326. The van der Waals surface area contributed by atoms with Crippen LogP contribution in [0, 0.1) is 5.92 Å². The molecule has 1 rings (SSSR count). The summed E-state index contributed by atoms with van der Waals surface area (Å²) in [6, 6.07) is 7.17. The van der Waals surface area contributed by atoms with Crippen molar-refractivity contribution in [2.45, 2.75) is 13.8 Å². The molecule has 0 spiro atoms. The van der Waals surface area contributed by atoms with E-state index >= 15 is 0 Å². The van der Waals surface area contributed by atoms with Gasteiger partial charge in [-0.2, -0.15) is 0 Å². The van der Waals surface area contributed by atoms with Gasteiger partial charge in [0.05, 0.1) is 0 Å². The summed E-state index contributed by atoms with van der Waals surface area (Å²) in [5.74, 6) is -0.710. The zero-order chi connectivity index (χ0) is 13.7. The molecule has 98 valence electrons. The maximum absolute atomic E-state index is 11.8. The third kappa shape index (κ3) is 3.76. The number of anilines is 1. The quantitative estimate of drug-likeness (QED) is 0.790. The van der Waals surface area contributed by atoms with Crippen LogP contribution in [0.5, 0.6) is 0 Å². The van der Waals surface area contributed by atoms with E-state index in [1.165, 1.54) is 0 Å². The topological polar surface area (TPSA) is 61.4 Å². The number of hydrogen-bond acceptors (Lipinski definition) is 3. The van der Waals surface area contributed by atoms with Gasteiger partial charge in [0.25, 0.3) is 5.91 Å². The van der Waals surface area contributed by atoms with Gasteiger partial charge < -0.3 is 4.90 Å². The molecule has 0 heterocycles. The Morgan fingerprint density at radius 2 is 1.83 bits per heavy atom. The van der Waals surface area contributed by atoms with Gasteiger partial charge in [-0.05, 0) is 18.2 Å². The third-order valence-corrected chi connectivity index (χ3v) is 2.45. The molecule has 2 N–H and O–H groups in total. The molecule has 0 saturated carbocycles. The molecule has 0 atom stereocenters. The second kappa shape index (κ2) is 6.05. The highest BCUT2D eigenvalue weighted by atomic mass is 16.2. The molecule has 0 aliphatic rings. The van der Waals surface area contributed by atoms with Crippen molar-refractivity contribution in [2.24, 2.45) is 5.92 Å². The van der Waals surface area contributed by atoms with Crippen molar-refractivity contribution >= 4 is 17.5 Å². The van der Waals surface area contributed by atoms with Crippen molar-refractivity contribution in [3.05, 3.63) is 29.8 Å². The average molecular weight is 249 g/mol. The number of nitrogens with one attached hydrogen (secondary N) is 2. The van der Waals surface area contributed by atoms with Crippen molar-refractivity contribution in [3.63, 3.8) is 0 Å². The zero-order valence-electron chi connectivity index (χ0n) is 11.2. The molecule has 5 nitrogen and oxygen atoms in total. The van der Waals surface area contributed by atoms with Crippen molar-refractivity contribution in [1.29, 1.82) is 0 Å². The standard InChI is InChI=1S/C13H19N3O2/c1-9(2)12(17)14-15-13(18)10-6-5-7-11(8-10)16(3)4/h5-9H,1-4H3,(H,14,17)(H,15,18). The number of hydrogen-bond donors (Lipinski definition) is 2. The molecule has 0 aliphatic heterocycles. The number of hydrazine groups is 1. The van der Waals surface area contributed by atoms with E-state index in [1.54, 1.807) is 32.0 Å². The second-order valence-corrected chi connectivity index (χ2v) is 4.54. The molecule has 0 aliphatic carbocycles. The summed E-state index contributed by atoms with van der Waals surface area (Å²) in [6.07, 6.45) is 0. The Bertz CT molecular complexity index is 442. The van der Waals surface area contributed by atoms with E-state index in [9.17, 15) is 9.59 Å². The first-order chi connectivity index (χ1) is 8.41. The SMILES string of the molecule is CC(C)C(=O)NNC(=O)c1cccc(N(C)C)c1. The Morgan fingerprint density at radius 3 is 2.39 bits per heavy atom.